The van der Waals surface area contributed by atoms with E-state index in [4.69, 9.17) is 0 Å². The van der Waals surface area contributed by atoms with Gasteiger partial charge in [0.05, 0.1) is 6.04 Å². The summed E-state index contributed by atoms with van der Waals surface area (Å²) in [6, 6.07) is 0.553. The van der Waals surface area contributed by atoms with E-state index in [2.05, 4.69) is 29.0 Å². The van der Waals surface area contributed by atoms with Crippen molar-refractivity contribution < 1.29 is 4.79 Å². The molecule has 4 heteroatoms. The molecule has 98 valence electrons. The molecule has 0 aliphatic carbocycles. The van der Waals surface area contributed by atoms with E-state index in [-0.39, 0.29) is 6.04 Å². The molecular formula is C13H25N3O. The average Bonchev–Trinajstić information content (AvgIpc) is 2.86. The van der Waals surface area contributed by atoms with Gasteiger partial charge in [0.25, 0.3) is 0 Å². The van der Waals surface area contributed by atoms with Crippen LogP contribution in [-0.4, -0.2) is 60.5 Å². The first kappa shape index (κ1) is 12.8. The molecule has 2 heterocycles. The molecule has 0 saturated carbocycles. The van der Waals surface area contributed by atoms with E-state index < -0.39 is 0 Å². The van der Waals surface area contributed by atoms with Gasteiger partial charge in [0.2, 0.25) is 5.91 Å². The van der Waals surface area contributed by atoms with Crippen molar-refractivity contribution in [2.24, 2.45) is 0 Å². The topological polar surface area (TPSA) is 35.6 Å². The molecule has 17 heavy (non-hydrogen) atoms. The van der Waals surface area contributed by atoms with Crippen LogP contribution in [0.4, 0.5) is 0 Å². The van der Waals surface area contributed by atoms with Crippen LogP contribution in [0.25, 0.3) is 0 Å². The molecule has 2 saturated heterocycles. The summed E-state index contributed by atoms with van der Waals surface area (Å²) in [5.41, 5.74) is 0. The minimum Gasteiger partial charge on any atom is -0.338 e. The minimum absolute atomic E-state index is 0.0595. The first-order chi connectivity index (χ1) is 8.24. The first-order valence-corrected chi connectivity index (χ1v) is 6.99. The van der Waals surface area contributed by atoms with Gasteiger partial charge in [-0.2, -0.15) is 0 Å². The summed E-state index contributed by atoms with van der Waals surface area (Å²) in [6.07, 6.45) is 3.47. The number of hydrogen-bond donors (Lipinski definition) is 1. The van der Waals surface area contributed by atoms with Gasteiger partial charge in [0, 0.05) is 38.8 Å². The SMILES string of the molecule is CCC1CCCN1C(=O)C(C)N1CCNCC1. The number of piperazine rings is 1. The summed E-state index contributed by atoms with van der Waals surface area (Å²) in [6.45, 7) is 9.23. The monoisotopic (exact) mass is 239 g/mol. The molecule has 2 unspecified atom stereocenters. The molecule has 2 aliphatic heterocycles. The second-order valence-corrected chi connectivity index (χ2v) is 5.20. The van der Waals surface area contributed by atoms with Crippen LogP contribution >= 0.6 is 0 Å². The molecule has 2 atom stereocenters. The Hall–Kier alpha value is -0.610. The molecule has 1 amide bonds. The van der Waals surface area contributed by atoms with Crippen molar-refractivity contribution >= 4 is 5.91 Å². The molecule has 0 aromatic rings. The second kappa shape index (κ2) is 5.83. The van der Waals surface area contributed by atoms with Crippen molar-refractivity contribution in [1.82, 2.24) is 15.1 Å². The molecule has 0 bridgehead atoms. The molecule has 0 aromatic heterocycles. The second-order valence-electron chi connectivity index (χ2n) is 5.20. The predicted octanol–water partition coefficient (Wildman–Crippen LogP) is 0.681. The smallest absolute Gasteiger partial charge is 0.239 e. The van der Waals surface area contributed by atoms with Crippen LogP contribution in [0, 0.1) is 0 Å². The zero-order valence-electron chi connectivity index (χ0n) is 11.1. The van der Waals surface area contributed by atoms with E-state index in [1.807, 2.05) is 0 Å². The van der Waals surface area contributed by atoms with Gasteiger partial charge in [-0.15, -0.1) is 0 Å². The summed E-state index contributed by atoms with van der Waals surface area (Å²) in [7, 11) is 0. The number of carbonyl (C=O) groups excluding carboxylic acids is 1. The lowest BCUT2D eigenvalue weighted by Gasteiger charge is -2.35. The van der Waals surface area contributed by atoms with Gasteiger partial charge >= 0.3 is 0 Å². The molecule has 0 spiro atoms. The molecular weight excluding hydrogens is 214 g/mol. The van der Waals surface area contributed by atoms with Gasteiger partial charge in [-0.05, 0) is 26.2 Å². The summed E-state index contributed by atoms with van der Waals surface area (Å²) < 4.78 is 0. The van der Waals surface area contributed by atoms with Gasteiger partial charge < -0.3 is 10.2 Å². The fourth-order valence-corrected chi connectivity index (χ4v) is 3.02. The molecule has 4 nitrogen and oxygen atoms in total. The van der Waals surface area contributed by atoms with Crippen LogP contribution in [-0.2, 0) is 4.79 Å². The van der Waals surface area contributed by atoms with E-state index in [0.717, 1.165) is 39.1 Å². The Bertz CT molecular complexity index is 263. The fraction of sp³-hybridized carbons (Fsp3) is 0.923. The van der Waals surface area contributed by atoms with Crippen LogP contribution in [0.3, 0.4) is 0 Å². The number of nitrogens with zero attached hydrogens (tertiary/aromatic N) is 2. The van der Waals surface area contributed by atoms with Crippen LogP contribution < -0.4 is 5.32 Å². The third-order valence-electron chi connectivity index (χ3n) is 4.19. The van der Waals surface area contributed by atoms with Crippen molar-refractivity contribution in [2.45, 2.75) is 45.2 Å². The highest BCUT2D eigenvalue weighted by Gasteiger charge is 2.32. The highest BCUT2D eigenvalue weighted by atomic mass is 16.2. The first-order valence-electron chi connectivity index (χ1n) is 6.99. The van der Waals surface area contributed by atoms with Crippen LogP contribution in [0.15, 0.2) is 0 Å². The fourth-order valence-electron chi connectivity index (χ4n) is 3.02. The van der Waals surface area contributed by atoms with Crippen LogP contribution in [0.1, 0.15) is 33.1 Å². The number of hydrogen-bond acceptors (Lipinski definition) is 3. The Morgan fingerprint density at radius 1 is 1.35 bits per heavy atom. The number of likely N-dealkylation sites (tertiary alicyclic amines) is 1. The minimum atomic E-state index is 0.0595. The maximum Gasteiger partial charge on any atom is 0.239 e. The Morgan fingerprint density at radius 3 is 2.71 bits per heavy atom. The van der Waals surface area contributed by atoms with E-state index in [1.54, 1.807) is 0 Å². The van der Waals surface area contributed by atoms with Crippen LogP contribution in [0.5, 0.6) is 0 Å². The summed E-state index contributed by atoms with van der Waals surface area (Å²) in [4.78, 5) is 16.9. The largest absolute Gasteiger partial charge is 0.338 e. The Balaban J connectivity index is 1.93. The normalized spacial score (nSPS) is 28.4. The van der Waals surface area contributed by atoms with Crippen LogP contribution in [0.2, 0.25) is 0 Å². The average molecular weight is 239 g/mol. The van der Waals surface area contributed by atoms with Gasteiger partial charge in [0.15, 0.2) is 0 Å². The molecule has 2 rings (SSSR count). The zero-order chi connectivity index (χ0) is 12.3. The standard InChI is InChI=1S/C13H25N3O/c1-3-12-5-4-8-16(12)13(17)11(2)15-9-6-14-7-10-15/h11-12,14H,3-10H2,1-2H3. The van der Waals surface area contributed by atoms with E-state index >= 15 is 0 Å². The lowest BCUT2D eigenvalue weighted by atomic mass is 10.1. The molecule has 2 aliphatic rings. The summed E-state index contributed by atoms with van der Waals surface area (Å²) in [5, 5.41) is 3.33. The van der Waals surface area contributed by atoms with E-state index in [9.17, 15) is 4.79 Å². The lowest BCUT2D eigenvalue weighted by molar-refractivity contribution is -0.137. The number of rotatable bonds is 3. The maximum absolute atomic E-state index is 12.5. The van der Waals surface area contributed by atoms with E-state index in [0.29, 0.717) is 11.9 Å². The number of amides is 1. The van der Waals surface area contributed by atoms with Crippen molar-refractivity contribution in [2.75, 3.05) is 32.7 Å². The highest BCUT2D eigenvalue weighted by Crippen LogP contribution is 2.21. The molecule has 1 N–H and O–H groups in total. The van der Waals surface area contributed by atoms with Gasteiger partial charge in [0.1, 0.15) is 0 Å². The Morgan fingerprint density at radius 2 is 2.06 bits per heavy atom. The van der Waals surface area contributed by atoms with Crippen molar-refractivity contribution in [3.05, 3.63) is 0 Å². The van der Waals surface area contributed by atoms with E-state index in [1.165, 1.54) is 12.8 Å². The zero-order valence-corrected chi connectivity index (χ0v) is 11.1. The predicted molar refractivity (Wildman–Crippen MR) is 68.9 cm³/mol. The Kier molecular flexibility index (Phi) is 4.40. The van der Waals surface area contributed by atoms with Crippen molar-refractivity contribution in [1.29, 1.82) is 0 Å². The molecule has 0 aromatic carbocycles. The summed E-state index contributed by atoms with van der Waals surface area (Å²) in [5.74, 6) is 0.344. The third kappa shape index (κ3) is 2.80. The summed E-state index contributed by atoms with van der Waals surface area (Å²) >= 11 is 0. The van der Waals surface area contributed by atoms with Crippen molar-refractivity contribution in [3.8, 4) is 0 Å². The number of nitrogens with one attached hydrogen (secondary N) is 1. The van der Waals surface area contributed by atoms with Gasteiger partial charge in [-0.3, -0.25) is 9.69 Å². The lowest BCUT2D eigenvalue weighted by Crippen LogP contribution is -2.54. The van der Waals surface area contributed by atoms with Gasteiger partial charge in [-0.25, -0.2) is 0 Å². The molecule has 0 radical (unpaired) electrons. The molecule has 2 fully saturated rings. The Labute approximate surface area is 104 Å². The quantitative estimate of drug-likeness (QED) is 0.787. The van der Waals surface area contributed by atoms with Crippen molar-refractivity contribution in [3.63, 3.8) is 0 Å². The van der Waals surface area contributed by atoms with Gasteiger partial charge in [-0.1, -0.05) is 6.92 Å². The highest BCUT2D eigenvalue weighted by molar-refractivity contribution is 5.82. The third-order valence-corrected chi connectivity index (χ3v) is 4.19. The maximum atomic E-state index is 12.5. The number of carbonyl (C=O) groups is 1.